The van der Waals surface area contributed by atoms with Gasteiger partial charge in [0.05, 0.1) is 13.0 Å². The molecule has 0 saturated heterocycles. The highest BCUT2D eigenvalue weighted by Crippen LogP contribution is 2.15. The first-order valence-electron chi connectivity index (χ1n) is 5.73. The number of hydrogen-bond donors (Lipinski definition) is 0. The fraction of sp³-hybridized carbons (Fsp3) is 0.385. The van der Waals surface area contributed by atoms with Crippen molar-refractivity contribution in [3.8, 4) is 0 Å². The average Bonchev–Trinajstić information content (AvgIpc) is 2.71. The summed E-state index contributed by atoms with van der Waals surface area (Å²) in [6.07, 6.45) is 0.647. The van der Waals surface area contributed by atoms with Crippen LogP contribution in [0.15, 0.2) is 28.7 Å². The van der Waals surface area contributed by atoms with E-state index in [1.807, 2.05) is 31.2 Å². The summed E-state index contributed by atoms with van der Waals surface area (Å²) < 4.78 is 10.6. The van der Waals surface area contributed by atoms with E-state index in [-0.39, 0.29) is 12.2 Å². The number of oxazole rings is 1. The van der Waals surface area contributed by atoms with E-state index in [1.54, 1.807) is 0 Å². The minimum atomic E-state index is 0.0880. The molecule has 0 amide bonds. The second-order valence-electron chi connectivity index (χ2n) is 3.74. The summed E-state index contributed by atoms with van der Waals surface area (Å²) in [5.74, 6) is 0.567. The van der Waals surface area contributed by atoms with Gasteiger partial charge >= 0.3 is 0 Å². The molecular formula is C13H15NO3. The molecule has 4 nitrogen and oxygen atoms in total. The third kappa shape index (κ3) is 3.14. The standard InChI is InChI=1S/C13H15NO3/c1-2-16-8-7-10(15)9-13-14-11-5-3-4-6-12(11)17-13/h3-6H,2,7-9H2,1H3. The monoisotopic (exact) mass is 233 g/mol. The number of carbonyl (C=O) groups is 1. The van der Waals surface area contributed by atoms with E-state index in [0.717, 1.165) is 11.1 Å². The molecule has 17 heavy (non-hydrogen) atoms. The van der Waals surface area contributed by atoms with E-state index in [9.17, 15) is 4.79 Å². The van der Waals surface area contributed by atoms with Crippen molar-refractivity contribution in [3.63, 3.8) is 0 Å². The first-order valence-corrected chi connectivity index (χ1v) is 5.73. The van der Waals surface area contributed by atoms with E-state index in [4.69, 9.17) is 9.15 Å². The van der Waals surface area contributed by atoms with Gasteiger partial charge in [-0.25, -0.2) is 4.98 Å². The Labute approximate surface area is 99.6 Å². The van der Waals surface area contributed by atoms with Gasteiger partial charge in [-0.1, -0.05) is 12.1 Å². The van der Waals surface area contributed by atoms with Crippen molar-refractivity contribution in [2.24, 2.45) is 0 Å². The summed E-state index contributed by atoms with van der Waals surface area (Å²) in [5, 5.41) is 0. The smallest absolute Gasteiger partial charge is 0.202 e. The van der Waals surface area contributed by atoms with Crippen LogP contribution in [0.2, 0.25) is 0 Å². The second-order valence-corrected chi connectivity index (χ2v) is 3.74. The van der Waals surface area contributed by atoms with Gasteiger partial charge in [0.1, 0.15) is 11.3 Å². The molecule has 1 aromatic heterocycles. The lowest BCUT2D eigenvalue weighted by atomic mass is 10.2. The minimum absolute atomic E-state index is 0.0880. The topological polar surface area (TPSA) is 52.3 Å². The number of para-hydroxylation sites is 2. The molecule has 0 radical (unpaired) electrons. The predicted octanol–water partition coefficient (Wildman–Crippen LogP) is 2.37. The maximum absolute atomic E-state index is 11.6. The zero-order chi connectivity index (χ0) is 12.1. The number of carbonyl (C=O) groups excluding carboxylic acids is 1. The van der Waals surface area contributed by atoms with E-state index >= 15 is 0 Å². The molecule has 0 unspecified atom stereocenters. The van der Waals surface area contributed by atoms with Gasteiger partial charge in [0.25, 0.3) is 0 Å². The molecule has 0 fully saturated rings. The van der Waals surface area contributed by atoms with Crippen molar-refractivity contribution in [2.75, 3.05) is 13.2 Å². The molecule has 90 valence electrons. The van der Waals surface area contributed by atoms with Gasteiger partial charge in [0.2, 0.25) is 5.89 Å². The number of rotatable bonds is 6. The number of ketones is 1. The summed E-state index contributed by atoms with van der Waals surface area (Å²) in [7, 11) is 0. The normalized spacial score (nSPS) is 10.9. The highest BCUT2D eigenvalue weighted by atomic mass is 16.5. The molecule has 2 aromatic rings. The number of benzene rings is 1. The van der Waals surface area contributed by atoms with Crippen molar-refractivity contribution < 1.29 is 13.9 Å². The molecule has 0 N–H and O–H groups in total. The molecule has 2 rings (SSSR count). The largest absolute Gasteiger partial charge is 0.440 e. The maximum Gasteiger partial charge on any atom is 0.202 e. The van der Waals surface area contributed by atoms with Crippen LogP contribution in [0.1, 0.15) is 19.2 Å². The Morgan fingerprint density at radius 1 is 1.41 bits per heavy atom. The number of aromatic nitrogens is 1. The van der Waals surface area contributed by atoms with E-state index in [0.29, 0.717) is 25.5 Å². The van der Waals surface area contributed by atoms with Crippen molar-refractivity contribution in [1.82, 2.24) is 4.98 Å². The van der Waals surface area contributed by atoms with Gasteiger partial charge in [0, 0.05) is 13.0 Å². The molecule has 0 spiro atoms. The van der Waals surface area contributed by atoms with Gasteiger partial charge in [-0.3, -0.25) is 4.79 Å². The fourth-order valence-corrected chi connectivity index (χ4v) is 1.58. The highest BCUT2D eigenvalue weighted by Gasteiger charge is 2.10. The molecule has 0 bridgehead atoms. The fourth-order valence-electron chi connectivity index (χ4n) is 1.58. The van der Waals surface area contributed by atoms with Crippen LogP contribution in [0, 0.1) is 0 Å². The highest BCUT2D eigenvalue weighted by molar-refractivity contribution is 5.81. The van der Waals surface area contributed by atoms with Crippen molar-refractivity contribution in [2.45, 2.75) is 19.8 Å². The Kier molecular flexibility index (Phi) is 3.88. The predicted molar refractivity (Wildman–Crippen MR) is 63.8 cm³/mol. The van der Waals surface area contributed by atoms with E-state index in [2.05, 4.69) is 4.98 Å². The second kappa shape index (κ2) is 5.59. The Bertz CT molecular complexity index is 471. The zero-order valence-electron chi connectivity index (χ0n) is 9.81. The summed E-state index contributed by atoms with van der Waals surface area (Å²) in [6, 6.07) is 7.49. The summed E-state index contributed by atoms with van der Waals surface area (Å²) in [5.41, 5.74) is 1.51. The SMILES string of the molecule is CCOCCC(=O)Cc1nc2ccccc2o1. The molecule has 0 aliphatic rings. The molecular weight excluding hydrogens is 218 g/mol. The Morgan fingerprint density at radius 2 is 2.24 bits per heavy atom. The van der Waals surface area contributed by atoms with Crippen LogP contribution < -0.4 is 0 Å². The van der Waals surface area contributed by atoms with Crippen LogP contribution in [0.4, 0.5) is 0 Å². The third-order valence-electron chi connectivity index (χ3n) is 2.42. The molecule has 4 heteroatoms. The van der Waals surface area contributed by atoms with Crippen LogP contribution in [0.25, 0.3) is 11.1 Å². The van der Waals surface area contributed by atoms with Crippen LogP contribution in [0.3, 0.4) is 0 Å². The molecule has 0 saturated carbocycles. The minimum Gasteiger partial charge on any atom is -0.440 e. The molecule has 0 aliphatic heterocycles. The van der Waals surface area contributed by atoms with Crippen molar-refractivity contribution in [3.05, 3.63) is 30.2 Å². The lowest BCUT2D eigenvalue weighted by Gasteiger charge is -1.98. The Balaban J connectivity index is 1.96. The average molecular weight is 233 g/mol. The molecule has 1 aromatic carbocycles. The summed E-state index contributed by atoms with van der Waals surface area (Å²) in [4.78, 5) is 15.8. The van der Waals surface area contributed by atoms with E-state index in [1.165, 1.54) is 0 Å². The number of hydrogen-bond acceptors (Lipinski definition) is 4. The lowest BCUT2D eigenvalue weighted by molar-refractivity contribution is -0.119. The van der Waals surface area contributed by atoms with E-state index < -0.39 is 0 Å². The van der Waals surface area contributed by atoms with Gasteiger partial charge in [-0.15, -0.1) is 0 Å². The Morgan fingerprint density at radius 3 is 3.00 bits per heavy atom. The van der Waals surface area contributed by atoms with Crippen molar-refractivity contribution in [1.29, 1.82) is 0 Å². The lowest BCUT2D eigenvalue weighted by Crippen LogP contribution is -2.07. The third-order valence-corrected chi connectivity index (χ3v) is 2.42. The number of ether oxygens (including phenoxy) is 1. The number of Topliss-reactive ketones (excluding diaryl/α,β-unsaturated/α-hetero) is 1. The Hall–Kier alpha value is -1.68. The van der Waals surface area contributed by atoms with Crippen LogP contribution >= 0.6 is 0 Å². The zero-order valence-corrected chi connectivity index (χ0v) is 9.81. The summed E-state index contributed by atoms with van der Waals surface area (Å²) >= 11 is 0. The molecule has 0 aliphatic carbocycles. The molecule has 1 heterocycles. The van der Waals surface area contributed by atoms with Gasteiger partial charge in [0.15, 0.2) is 5.58 Å². The quantitative estimate of drug-likeness (QED) is 0.719. The van der Waals surface area contributed by atoms with Crippen LogP contribution in [-0.2, 0) is 16.0 Å². The molecule has 0 atom stereocenters. The first-order chi connectivity index (χ1) is 8.29. The van der Waals surface area contributed by atoms with Crippen LogP contribution in [-0.4, -0.2) is 24.0 Å². The first kappa shape index (κ1) is 11.8. The maximum atomic E-state index is 11.6. The van der Waals surface area contributed by atoms with Gasteiger partial charge < -0.3 is 9.15 Å². The van der Waals surface area contributed by atoms with Crippen LogP contribution in [0.5, 0.6) is 0 Å². The summed E-state index contributed by atoms with van der Waals surface area (Å²) in [6.45, 7) is 3.01. The van der Waals surface area contributed by atoms with Gasteiger partial charge in [-0.2, -0.15) is 0 Å². The number of nitrogens with zero attached hydrogens (tertiary/aromatic N) is 1. The van der Waals surface area contributed by atoms with Crippen molar-refractivity contribution >= 4 is 16.9 Å². The van der Waals surface area contributed by atoms with Gasteiger partial charge in [-0.05, 0) is 19.1 Å². The number of fused-ring (bicyclic) bond motifs is 1.